The number of rotatable bonds is 11. The number of nitrogens with one attached hydrogen (secondary N) is 3. The van der Waals surface area contributed by atoms with Crippen molar-refractivity contribution in [2.75, 3.05) is 56.7 Å². The highest BCUT2D eigenvalue weighted by Gasteiger charge is 2.46. The number of anilines is 2. The van der Waals surface area contributed by atoms with E-state index >= 15 is 0 Å². The van der Waals surface area contributed by atoms with E-state index in [9.17, 15) is 35.9 Å². The minimum atomic E-state index is -4.55. The Bertz CT molecular complexity index is 1940. The third-order valence-corrected chi connectivity index (χ3v) is 12.6. The molecule has 0 unspecified atom stereocenters. The standard InChI is InChI=1S/C36H42F4N4O6S2/c1-23(46)43-52(47,48)33-19-31(50-17-14-45)30(18-28(33)37)41-13-3-6-32-27(20-36(38,39)40)26-4-2-5-29(34(26)51-32)42-24-7-9-25(10-8-24)44-21-35(22-44)11-15-49-16-12-35/h2,4-5,18-19,24-25,41-42,45H,7-17,20-22H2,1H3,(H,43,46). The van der Waals surface area contributed by atoms with Crippen molar-refractivity contribution in [1.82, 2.24) is 9.62 Å². The monoisotopic (exact) mass is 766 g/mol. The number of carbonyl (C=O) groups is 1. The zero-order valence-electron chi connectivity index (χ0n) is 28.7. The molecule has 3 aromatic rings. The fourth-order valence-corrected chi connectivity index (χ4v) is 9.66. The summed E-state index contributed by atoms with van der Waals surface area (Å²) < 4.78 is 94.6. The number of aliphatic hydroxyl groups excluding tert-OH is 1. The molecule has 3 fully saturated rings. The smallest absolute Gasteiger partial charge is 0.393 e. The van der Waals surface area contributed by atoms with Crippen molar-refractivity contribution in [1.29, 1.82) is 0 Å². The SMILES string of the molecule is CC(=O)NS(=O)(=O)c1cc(OCCO)c(NCC#Cc2sc3c(NC4CCC(N5CC6(CCOCC6)C5)CC4)cccc3c2CC(F)(F)F)cc1F. The van der Waals surface area contributed by atoms with Crippen LogP contribution >= 0.6 is 11.3 Å². The van der Waals surface area contributed by atoms with Gasteiger partial charge in [0.05, 0.1) is 40.5 Å². The number of hydrogen-bond donors (Lipinski definition) is 4. The summed E-state index contributed by atoms with van der Waals surface area (Å²) in [5, 5.41) is 16.1. The average molecular weight is 767 g/mol. The van der Waals surface area contributed by atoms with Crippen LogP contribution in [0.25, 0.3) is 10.1 Å². The molecular weight excluding hydrogens is 725 g/mol. The second-order valence-corrected chi connectivity index (χ2v) is 16.4. The van der Waals surface area contributed by atoms with Gasteiger partial charge in [0.2, 0.25) is 5.91 Å². The van der Waals surface area contributed by atoms with Gasteiger partial charge in [0.25, 0.3) is 10.0 Å². The van der Waals surface area contributed by atoms with Crippen LogP contribution in [0.2, 0.25) is 0 Å². The number of alkyl halides is 3. The molecule has 2 saturated heterocycles. The molecule has 3 aliphatic rings. The fourth-order valence-electron chi connectivity index (χ4n) is 7.42. The highest BCUT2D eigenvalue weighted by Crippen LogP contribution is 2.44. The summed E-state index contributed by atoms with van der Waals surface area (Å²) in [6.07, 6.45) is 0.717. The van der Waals surface area contributed by atoms with Crippen LogP contribution in [0.15, 0.2) is 35.2 Å². The van der Waals surface area contributed by atoms with Crippen LogP contribution in [0.4, 0.5) is 28.9 Å². The molecule has 282 valence electrons. The van der Waals surface area contributed by atoms with Crippen molar-refractivity contribution in [2.24, 2.45) is 5.41 Å². The van der Waals surface area contributed by atoms with Gasteiger partial charge in [-0.25, -0.2) is 17.5 Å². The number of thiophene rings is 1. The summed E-state index contributed by atoms with van der Waals surface area (Å²) in [4.78, 5) is 13.4. The van der Waals surface area contributed by atoms with E-state index in [1.807, 2.05) is 6.07 Å². The van der Waals surface area contributed by atoms with E-state index in [0.29, 0.717) is 21.5 Å². The Balaban J connectivity index is 1.16. The number of benzene rings is 2. The summed E-state index contributed by atoms with van der Waals surface area (Å²) in [7, 11) is -4.55. The largest absolute Gasteiger partial charge is 0.489 e. The van der Waals surface area contributed by atoms with Crippen LogP contribution < -0.4 is 20.1 Å². The fraction of sp³-hybridized carbons (Fsp3) is 0.528. The minimum absolute atomic E-state index is 0.00714. The molecule has 2 aromatic carbocycles. The molecule has 16 heteroatoms. The number of amides is 1. The van der Waals surface area contributed by atoms with Gasteiger partial charge in [0.15, 0.2) is 0 Å². The van der Waals surface area contributed by atoms with Gasteiger partial charge < -0.3 is 25.2 Å². The van der Waals surface area contributed by atoms with Gasteiger partial charge in [-0.15, -0.1) is 11.3 Å². The van der Waals surface area contributed by atoms with E-state index in [2.05, 4.69) is 27.4 Å². The van der Waals surface area contributed by atoms with Gasteiger partial charge in [-0.1, -0.05) is 24.0 Å². The molecule has 10 nitrogen and oxygen atoms in total. The molecular formula is C36H42F4N4O6S2. The first kappa shape index (κ1) is 38.1. The van der Waals surface area contributed by atoms with Crippen LogP contribution in [0.5, 0.6) is 5.75 Å². The van der Waals surface area contributed by atoms with Crippen molar-refractivity contribution < 1.29 is 45.4 Å². The number of fused-ring (bicyclic) bond motifs is 1. The van der Waals surface area contributed by atoms with Crippen LogP contribution in [0.3, 0.4) is 0 Å². The van der Waals surface area contributed by atoms with Gasteiger partial charge in [0.1, 0.15) is 23.1 Å². The summed E-state index contributed by atoms with van der Waals surface area (Å²) in [5.74, 6) is 3.43. The molecule has 1 saturated carbocycles. The lowest BCUT2D eigenvalue weighted by molar-refractivity contribution is -0.127. The third-order valence-electron chi connectivity index (χ3n) is 9.92. The predicted octanol–water partition coefficient (Wildman–Crippen LogP) is 5.64. The molecule has 0 bridgehead atoms. The molecule has 0 atom stereocenters. The minimum Gasteiger partial charge on any atom is -0.489 e. The molecule has 1 aliphatic carbocycles. The van der Waals surface area contributed by atoms with Gasteiger partial charge in [-0.2, -0.15) is 13.2 Å². The van der Waals surface area contributed by atoms with Crippen LogP contribution in [-0.2, 0) is 26.0 Å². The lowest BCUT2D eigenvalue weighted by Gasteiger charge is -2.56. The van der Waals surface area contributed by atoms with Crippen molar-refractivity contribution in [2.45, 2.75) is 75.0 Å². The normalized spacial score (nSPS) is 20.5. The number of hydrogen-bond acceptors (Lipinski definition) is 10. The van der Waals surface area contributed by atoms with Gasteiger partial charge in [0, 0.05) is 62.9 Å². The van der Waals surface area contributed by atoms with E-state index in [0.717, 1.165) is 89.6 Å². The van der Waals surface area contributed by atoms with Crippen molar-refractivity contribution in [3.05, 3.63) is 46.6 Å². The number of likely N-dealkylation sites (tertiary alicyclic amines) is 1. The van der Waals surface area contributed by atoms with Gasteiger partial charge in [-0.05, 0) is 55.5 Å². The molecule has 0 radical (unpaired) electrons. The number of halogens is 4. The Labute approximate surface area is 304 Å². The van der Waals surface area contributed by atoms with Crippen molar-refractivity contribution in [3.8, 4) is 17.6 Å². The molecule has 52 heavy (non-hydrogen) atoms. The first-order valence-electron chi connectivity index (χ1n) is 17.3. The highest BCUT2D eigenvalue weighted by molar-refractivity contribution is 7.90. The number of ether oxygens (including phenoxy) is 2. The third kappa shape index (κ3) is 8.94. The Morgan fingerprint density at radius 1 is 1.13 bits per heavy atom. The van der Waals surface area contributed by atoms with Gasteiger partial charge >= 0.3 is 6.18 Å². The Morgan fingerprint density at radius 2 is 1.87 bits per heavy atom. The van der Waals surface area contributed by atoms with Crippen LogP contribution in [0.1, 0.15) is 55.9 Å². The number of carbonyl (C=O) groups excluding carboxylic acids is 1. The zero-order chi connectivity index (χ0) is 37.1. The van der Waals surface area contributed by atoms with Crippen LogP contribution in [-0.4, -0.2) is 88.7 Å². The Kier molecular flexibility index (Phi) is 11.6. The maximum atomic E-state index is 14.9. The molecule has 3 heterocycles. The highest BCUT2D eigenvalue weighted by atomic mass is 32.2. The maximum Gasteiger partial charge on any atom is 0.393 e. The summed E-state index contributed by atoms with van der Waals surface area (Å²) in [5.41, 5.74) is 1.28. The summed E-state index contributed by atoms with van der Waals surface area (Å²) >= 11 is 1.19. The van der Waals surface area contributed by atoms with E-state index in [4.69, 9.17) is 9.47 Å². The number of sulfonamides is 1. The van der Waals surface area contributed by atoms with E-state index in [1.54, 1.807) is 16.9 Å². The van der Waals surface area contributed by atoms with E-state index in [-0.39, 0.29) is 41.1 Å². The van der Waals surface area contributed by atoms with Crippen molar-refractivity contribution >= 4 is 48.7 Å². The lowest BCUT2D eigenvalue weighted by Crippen LogP contribution is -2.62. The van der Waals surface area contributed by atoms with Crippen molar-refractivity contribution in [3.63, 3.8) is 0 Å². The Hall–Kier alpha value is -3.62. The zero-order valence-corrected chi connectivity index (χ0v) is 30.3. The summed E-state index contributed by atoms with van der Waals surface area (Å²) in [6.45, 7) is 4.11. The Morgan fingerprint density at radius 3 is 2.54 bits per heavy atom. The second kappa shape index (κ2) is 15.8. The first-order chi connectivity index (χ1) is 24.8. The van der Waals surface area contributed by atoms with E-state index in [1.165, 1.54) is 11.3 Å². The predicted molar refractivity (Wildman–Crippen MR) is 191 cm³/mol. The van der Waals surface area contributed by atoms with Crippen LogP contribution in [0, 0.1) is 23.1 Å². The lowest BCUT2D eigenvalue weighted by atomic mass is 9.71. The first-order valence-corrected chi connectivity index (χ1v) is 19.6. The maximum absolute atomic E-state index is 14.9. The molecule has 1 amide bonds. The molecule has 4 N–H and O–H groups in total. The number of aliphatic hydroxyl groups is 1. The molecule has 6 rings (SSSR count). The van der Waals surface area contributed by atoms with E-state index < -0.39 is 45.8 Å². The quantitative estimate of drug-likeness (QED) is 0.145. The topological polar surface area (TPSA) is 129 Å². The summed E-state index contributed by atoms with van der Waals surface area (Å²) in [6, 6.07) is 7.80. The molecule has 1 aromatic heterocycles. The molecule has 2 aliphatic heterocycles. The number of nitrogens with zero attached hydrogens (tertiary/aromatic N) is 1. The molecule has 1 spiro atoms. The van der Waals surface area contributed by atoms with Gasteiger partial charge in [-0.3, -0.25) is 9.69 Å². The second-order valence-electron chi connectivity index (χ2n) is 13.7. The average Bonchev–Trinajstić information content (AvgIpc) is 3.41.